The van der Waals surface area contributed by atoms with E-state index in [-0.39, 0.29) is 12.1 Å². The van der Waals surface area contributed by atoms with Gasteiger partial charge in [0.05, 0.1) is 12.1 Å². The Morgan fingerprint density at radius 2 is 2.06 bits per heavy atom. The van der Waals surface area contributed by atoms with E-state index in [2.05, 4.69) is 15.9 Å². The lowest BCUT2D eigenvalue weighted by atomic mass is 10.1. The zero-order valence-electron chi connectivity index (χ0n) is 9.46. The van der Waals surface area contributed by atoms with Crippen molar-refractivity contribution in [3.8, 4) is 0 Å². The molecule has 0 aliphatic rings. The summed E-state index contributed by atoms with van der Waals surface area (Å²) in [4.78, 5) is 11.8. The first-order valence-corrected chi connectivity index (χ1v) is 5.75. The second-order valence-corrected chi connectivity index (χ2v) is 4.75. The minimum absolute atomic E-state index is 0.0833. The van der Waals surface area contributed by atoms with Gasteiger partial charge in [-0.3, -0.25) is 4.90 Å². The third kappa shape index (κ3) is 4.66. The average molecular weight is 326 g/mol. The molecular formula is C11H11BrF3NO2. The number of alkyl halides is 3. The molecule has 0 saturated carbocycles. The molecule has 0 aromatic heterocycles. The molecule has 0 amide bonds. The number of hydrogen-bond acceptors (Lipinski definition) is 2. The van der Waals surface area contributed by atoms with Gasteiger partial charge in [-0.05, 0) is 24.7 Å². The van der Waals surface area contributed by atoms with Crippen LogP contribution in [0.3, 0.4) is 0 Å². The summed E-state index contributed by atoms with van der Waals surface area (Å²) in [5.74, 6) is -1.08. The van der Waals surface area contributed by atoms with Crippen molar-refractivity contribution >= 4 is 21.9 Å². The van der Waals surface area contributed by atoms with Crippen LogP contribution in [-0.4, -0.2) is 35.7 Å². The van der Waals surface area contributed by atoms with Crippen molar-refractivity contribution < 1.29 is 23.1 Å². The summed E-state index contributed by atoms with van der Waals surface area (Å²) >= 11 is 3.15. The quantitative estimate of drug-likeness (QED) is 0.924. The molecule has 0 bridgehead atoms. The van der Waals surface area contributed by atoms with Crippen LogP contribution in [0.25, 0.3) is 0 Å². The summed E-state index contributed by atoms with van der Waals surface area (Å²) in [5.41, 5.74) is 0.691. The standard InChI is InChI=1S/C11H11BrF3NO2/c1-16(6-11(13,14)15)5-8-3-2-7(10(17)18)4-9(8)12/h2-4H,5-6H2,1H3,(H,17,18). The van der Waals surface area contributed by atoms with Crippen LogP contribution in [-0.2, 0) is 6.54 Å². The van der Waals surface area contributed by atoms with Gasteiger partial charge in [-0.2, -0.15) is 13.2 Å². The molecule has 0 radical (unpaired) electrons. The van der Waals surface area contributed by atoms with Gasteiger partial charge < -0.3 is 5.11 Å². The highest BCUT2D eigenvalue weighted by Crippen LogP contribution is 2.22. The number of carbonyl (C=O) groups is 1. The van der Waals surface area contributed by atoms with Crippen LogP contribution in [0.5, 0.6) is 0 Å². The van der Waals surface area contributed by atoms with Gasteiger partial charge in [0.25, 0.3) is 0 Å². The van der Waals surface area contributed by atoms with Gasteiger partial charge in [-0.15, -0.1) is 0 Å². The first-order valence-electron chi connectivity index (χ1n) is 4.96. The molecule has 0 aliphatic carbocycles. The van der Waals surface area contributed by atoms with Crippen LogP contribution in [0, 0.1) is 0 Å². The molecule has 0 saturated heterocycles. The fraction of sp³-hybridized carbons (Fsp3) is 0.364. The van der Waals surface area contributed by atoms with Crippen molar-refractivity contribution in [2.45, 2.75) is 12.7 Å². The van der Waals surface area contributed by atoms with E-state index in [9.17, 15) is 18.0 Å². The van der Waals surface area contributed by atoms with E-state index in [1.807, 2.05) is 0 Å². The van der Waals surface area contributed by atoms with Crippen molar-refractivity contribution in [1.29, 1.82) is 0 Å². The molecule has 1 N–H and O–H groups in total. The Morgan fingerprint density at radius 1 is 1.44 bits per heavy atom. The van der Waals surface area contributed by atoms with Crippen molar-refractivity contribution in [3.63, 3.8) is 0 Å². The Hall–Kier alpha value is -1.08. The molecule has 18 heavy (non-hydrogen) atoms. The molecule has 0 fully saturated rings. The van der Waals surface area contributed by atoms with E-state index in [1.54, 1.807) is 0 Å². The van der Waals surface area contributed by atoms with Crippen molar-refractivity contribution in [1.82, 2.24) is 4.90 Å². The minimum atomic E-state index is -4.25. The normalized spacial score (nSPS) is 11.9. The molecule has 3 nitrogen and oxygen atoms in total. The number of aromatic carboxylic acids is 1. The van der Waals surface area contributed by atoms with Gasteiger partial charge in [-0.1, -0.05) is 22.0 Å². The Balaban J connectivity index is 2.77. The fourth-order valence-corrected chi connectivity index (χ4v) is 1.97. The topological polar surface area (TPSA) is 40.5 Å². The maximum atomic E-state index is 12.1. The molecule has 1 aromatic carbocycles. The smallest absolute Gasteiger partial charge is 0.401 e. The number of benzene rings is 1. The Morgan fingerprint density at radius 3 is 2.50 bits per heavy atom. The van der Waals surface area contributed by atoms with Crippen LogP contribution in [0.15, 0.2) is 22.7 Å². The first kappa shape index (κ1) is 15.0. The second-order valence-electron chi connectivity index (χ2n) is 3.90. The molecular weight excluding hydrogens is 315 g/mol. The third-order valence-corrected chi connectivity index (χ3v) is 2.93. The lowest BCUT2D eigenvalue weighted by Crippen LogP contribution is -2.30. The predicted molar refractivity (Wildman–Crippen MR) is 63.5 cm³/mol. The highest BCUT2D eigenvalue weighted by Gasteiger charge is 2.29. The van der Waals surface area contributed by atoms with E-state index >= 15 is 0 Å². The van der Waals surface area contributed by atoms with Gasteiger partial charge in [0.2, 0.25) is 0 Å². The predicted octanol–water partition coefficient (Wildman–Crippen LogP) is 3.14. The fourth-order valence-electron chi connectivity index (χ4n) is 1.46. The number of halogens is 4. The zero-order chi connectivity index (χ0) is 13.9. The minimum Gasteiger partial charge on any atom is -0.478 e. The number of nitrogens with zero attached hydrogens (tertiary/aromatic N) is 1. The van der Waals surface area contributed by atoms with Crippen LogP contribution in [0.2, 0.25) is 0 Å². The van der Waals surface area contributed by atoms with Crippen molar-refractivity contribution in [3.05, 3.63) is 33.8 Å². The first-order chi connectivity index (χ1) is 8.19. The van der Waals surface area contributed by atoms with Gasteiger partial charge in [0, 0.05) is 11.0 Å². The SMILES string of the molecule is CN(Cc1ccc(C(=O)O)cc1Br)CC(F)(F)F. The summed E-state index contributed by atoms with van der Waals surface area (Å²) in [7, 11) is 1.35. The second kappa shape index (κ2) is 5.71. The Kier molecular flexibility index (Phi) is 4.75. The largest absolute Gasteiger partial charge is 0.478 e. The highest BCUT2D eigenvalue weighted by molar-refractivity contribution is 9.10. The molecule has 1 rings (SSSR count). The Labute approximate surface area is 110 Å². The zero-order valence-corrected chi connectivity index (χ0v) is 11.0. The monoisotopic (exact) mass is 325 g/mol. The molecule has 0 atom stereocenters. The van der Waals surface area contributed by atoms with E-state index in [0.29, 0.717) is 10.0 Å². The summed E-state index contributed by atoms with van der Waals surface area (Å²) < 4.78 is 36.9. The molecule has 1 aromatic rings. The van der Waals surface area contributed by atoms with Crippen LogP contribution in [0.4, 0.5) is 13.2 Å². The number of rotatable bonds is 4. The van der Waals surface area contributed by atoms with Crippen molar-refractivity contribution in [2.24, 2.45) is 0 Å². The maximum absolute atomic E-state index is 12.1. The summed E-state index contributed by atoms with van der Waals surface area (Å²) in [6.07, 6.45) is -4.25. The van der Waals surface area contributed by atoms with Gasteiger partial charge in [0.15, 0.2) is 0 Å². The van der Waals surface area contributed by atoms with Gasteiger partial charge >= 0.3 is 12.1 Å². The van der Waals surface area contributed by atoms with Crippen LogP contribution in [0.1, 0.15) is 15.9 Å². The molecule has 0 heterocycles. The lowest BCUT2D eigenvalue weighted by molar-refractivity contribution is -0.144. The molecule has 100 valence electrons. The number of carboxylic acids is 1. The van der Waals surface area contributed by atoms with Gasteiger partial charge in [0.1, 0.15) is 0 Å². The molecule has 0 unspecified atom stereocenters. The Bertz CT molecular complexity index is 448. The summed E-state index contributed by atoms with van der Waals surface area (Å²) in [6.45, 7) is -0.930. The van der Waals surface area contributed by atoms with Crippen LogP contribution >= 0.6 is 15.9 Å². The highest BCUT2D eigenvalue weighted by atomic mass is 79.9. The number of carboxylic acid groups (broad SMARTS) is 1. The van der Waals surface area contributed by atoms with Crippen molar-refractivity contribution in [2.75, 3.05) is 13.6 Å². The summed E-state index contributed by atoms with van der Waals surface area (Å²) in [6, 6.07) is 4.24. The summed E-state index contributed by atoms with van der Waals surface area (Å²) in [5, 5.41) is 8.75. The number of hydrogen-bond donors (Lipinski definition) is 1. The average Bonchev–Trinajstić information content (AvgIpc) is 2.17. The van der Waals surface area contributed by atoms with Gasteiger partial charge in [-0.25, -0.2) is 4.79 Å². The lowest BCUT2D eigenvalue weighted by Gasteiger charge is -2.19. The van der Waals surface area contributed by atoms with E-state index in [1.165, 1.54) is 25.2 Å². The molecule has 0 aliphatic heterocycles. The third-order valence-electron chi connectivity index (χ3n) is 2.19. The van der Waals surface area contributed by atoms with E-state index < -0.39 is 18.7 Å². The maximum Gasteiger partial charge on any atom is 0.401 e. The van der Waals surface area contributed by atoms with Crippen LogP contribution < -0.4 is 0 Å². The molecule has 7 heteroatoms. The van der Waals surface area contributed by atoms with E-state index in [0.717, 1.165) is 4.90 Å². The van der Waals surface area contributed by atoms with E-state index in [4.69, 9.17) is 5.11 Å². The molecule has 0 spiro atoms.